The van der Waals surface area contributed by atoms with Gasteiger partial charge in [-0.05, 0) is 50.0 Å². The molecule has 0 spiro atoms. The molecule has 1 aromatic heterocycles. The number of rotatable bonds is 6. The van der Waals surface area contributed by atoms with E-state index in [1.54, 1.807) is 24.4 Å². The van der Waals surface area contributed by atoms with E-state index >= 15 is 0 Å². The second kappa shape index (κ2) is 8.73. The average molecular weight is 369 g/mol. The fourth-order valence-electron chi connectivity index (χ4n) is 3.12. The summed E-state index contributed by atoms with van der Waals surface area (Å²) in [6.07, 6.45) is 3.90. The topological polar surface area (TPSA) is 92.5 Å². The predicted molar refractivity (Wildman–Crippen MR) is 108 cm³/mol. The highest BCUT2D eigenvalue weighted by Gasteiger charge is 2.18. The number of hydrogen-bond donors (Lipinski definition) is 3. The number of amides is 1. The van der Waals surface area contributed by atoms with Crippen molar-refractivity contribution in [3.63, 3.8) is 0 Å². The molecule has 144 valence electrons. The number of nitrogens with zero attached hydrogens (tertiary/aromatic N) is 2. The lowest BCUT2D eigenvalue weighted by atomic mass is 9.99. The van der Waals surface area contributed by atoms with E-state index in [4.69, 9.17) is 10.5 Å². The standard InChI is InChI=1S/C20H27N5O2/c1-14-6-9-25(10-7-14)13-20(26)24-19-12-16(5-8-23-19)27-15-3-4-18(22-2)17(21)11-15/h3-5,8,11-12,14,22H,6-7,9-10,13,21H2,1-2H3,(H,23,24,26). The molecule has 7 nitrogen and oxygen atoms in total. The van der Waals surface area contributed by atoms with Gasteiger partial charge in [-0.25, -0.2) is 4.98 Å². The average Bonchev–Trinajstić information content (AvgIpc) is 2.64. The number of nitrogens with two attached hydrogens (primary N) is 1. The van der Waals surface area contributed by atoms with E-state index in [2.05, 4.69) is 27.4 Å². The van der Waals surface area contributed by atoms with Gasteiger partial charge in [0.15, 0.2) is 0 Å². The van der Waals surface area contributed by atoms with Gasteiger partial charge in [0.25, 0.3) is 0 Å². The van der Waals surface area contributed by atoms with E-state index in [0.29, 0.717) is 29.5 Å². The molecule has 0 aliphatic carbocycles. The number of anilines is 3. The minimum Gasteiger partial charge on any atom is -0.457 e. The van der Waals surface area contributed by atoms with Crippen LogP contribution < -0.4 is 21.1 Å². The fourth-order valence-corrected chi connectivity index (χ4v) is 3.12. The molecule has 2 heterocycles. The number of ether oxygens (including phenoxy) is 1. The molecule has 27 heavy (non-hydrogen) atoms. The molecule has 1 saturated heterocycles. The Morgan fingerprint density at radius 3 is 2.70 bits per heavy atom. The van der Waals surface area contributed by atoms with Crippen LogP contribution in [0.1, 0.15) is 19.8 Å². The number of aromatic nitrogens is 1. The molecular weight excluding hydrogens is 342 g/mol. The number of nitrogens with one attached hydrogen (secondary N) is 2. The zero-order valence-electron chi connectivity index (χ0n) is 15.9. The number of hydrogen-bond acceptors (Lipinski definition) is 6. The highest BCUT2D eigenvalue weighted by atomic mass is 16.5. The van der Waals surface area contributed by atoms with Crippen LogP contribution in [0.15, 0.2) is 36.5 Å². The summed E-state index contributed by atoms with van der Waals surface area (Å²) in [5, 5.41) is 5.86. The van der Waals surface area contributed by atoms with Gasteiger partial charge in [-0.2, -0.15) is 0 Å². The van der Waals surface area contributed by atoms with E-state index in [0.717, 1.165) is 37.5 Å². The summed E-state index contributed by atoms with van der Waals surface area (Å²) in [4.78, 5) is 18.7. The maximum atomic E-state index is 12.3. The second-order valence-corrected chi connectivity index (χ2v) is 6.98. The van der Waals surface area contributed by atoms with Gasteiger partial charge in [-0.3, -0.25) is 9.69 Å². The molecule has 1 aliphatic heterocycles. The van der Waals surface area contributed by atoms with Crippen molar-refractivity contribution in [2.45, 2.75) is 19.8 Å². The van der Waals surface area contributed by atoms with Crippen LogP contribution in [0, 0.1) is 5.92 Å². The molecule has 0 unspecified atom stereocenters. The van der Waals surface area contributed by atoms with Crippen LogP contribution in [0.25, 0.3) is 0 Å². The van der Waals surface area contributed by atoms with Gasteiger partial charge in [0, 0.05) is 25.4 Å². The monoisotopic (exact) mass is 369 g/mol. The zero-order chi connectivity index (χ0) is 19.2. The van der Waals surface area contributed by atoms with Gasteiger partial charge in [-0.15, -0.1) is 0 Å². The van der Waals surface area contributed by atoms with Crippen molar-refractivity contribution < 1.29 is 9.53 Å². The van der Waals surface area contributed by atoms with E-state index < -0.39 is 0 Å². The molecule has 1 amide bonds. The molecule has 2 aromatic rings. The van der Waals surface area contributed by atoms with E-state index in [-0.39, 0.29) is 5.91 Å². The summed E-state index contributed by atoms with van der Waals surface area (Å²) in [6, 6.07) is 8.89. The summed E-state index contributed by atoms with van der Waals surface area (Å²) in [5.74, 6) is 2.37. The van der Waals surface area contributed by atoms with Gasteiger partial charge in [0.2, 0.25) is 5.91 Å². The Labute approximate surface area is 159 Å². The van der Waals surface area contributed by atoms with Crippen LogP contribution in [-0.2, 0) is 4.79 Å². The van der Waals surface area contributed by atoms with Crippen molar-refractivity contribution >= 4 is 23.1 Å². The molecule has 0 saturated carbocycles. The third-order valence-electron chi connectivity index (χ3n) is 4.77. The highest BCUT2D eigenvalue weighted by Crippen LogP contribution is 2.28. The predicted octanol–water partition coefficient (Wildman–Crippen LogP) is 3.17. The Kier molecular flexibility index (Phi) is 6.13. The number of pyridine rings is 1. The fraction of sp³-hybridized carbons (Fsp3) is 0.400. The number of likely N-dealkylation sites (tertiary alicyclic amines) is 1. The first-order valence-corrected chi connectivity index (χ1v) is 9.27. The quantitative estimate of drug-likeness (QED) is 0.678. The molecule has 7 heteroatoms. The summed E-state index contributed by atoms with van der Waals surface area (Å²) in [5.41, 5.74) is 7.41. The Bertz CT molecular complexity index is 788. The molecule has 1 aliphatic rings. The Morgan fingerprint density at radius 2 is 2.00 bits per heavy atom. The van der Waals surface area contributed by atoms with Crippen LogP contribution in [0.5, 0.6) is 11.5 Å². The summed E-state index contributed by atoms with van der Waals surface area (Å²) >= 11 is 0. The molecule has 3 rings (SSSR count). The van der Waals surface area contributed by atoms with Crippen LogP contribution in [0.4, 0.5) is 17.2 Å². The van der Waals surface area contributed by atoms with Gasteiger partial charge in [0.05, 0.1) is 17.9 Å². The van der Waals surface area contributed by atoms with Crippen LogP contribution in [-0.4, -0.2) is 42.5 Å². The van der Waals surface area contributed by atoms with Crippen molar-refractivity contribution in [1.29, 1.82) is 0 Å². The number of benzene rings is 1. The minimum absolute atomic E-state index is 0.0585. The number of carbonyl (C=O) groups excluding carboxylic acids is 1. The van der Waals surface area contributed by atoms with Crippen LogP contribution in [0.3, 0.4) is 0 Å². The minimum atomic E-state index is -0.0585. The maximum Gasteiger partial charge on any atom is 0.239 e. The lowest BCUT2D eigenvalue weighted by Gasteiger charge is -2.29. The lowest BCUT2D eigenvalue weighted by molar-refractivity contribution is -0.117. The molecule has 0 radical (unpaired) electrons. The van der Waals surface area contributed by atoms with Crippen LogP contribution in [0.2, 0.25) is 0 Å². The summed E-state index contributed by atoms with van der Waals surface area (Å²) in [7, 11) is 1.81. The van der Waals surface area contributed by atoms with E-state index in [9.17, 15) is 4.79 Å². The van der Waals surface area contributed by atoms with Crippen molar-refractivity contribution in [1.82, 2.24) is 9.88 Å². The van der Waals surface area contributed by atoms with Gasteiger partial charge < -0.3 is 21.1 Å². The number of piperidine rings is 1. The molecule has 1 aromatic carbocycles. The second-order valence-electron chi connectivity index (χ2n) is 6.98. The molecule has 0 atom stereocenters. The summed E-state index contributed by atoms with van der Waals surface area (Å²) < 4.78 is 5.83. The van der Waals surface area contributed by atoms with E-state index in [1.165, 1.54) is 0 Å². The first kappa shape index (κ1) is 19.0. The maximum absolute atomic E-state index is 12.3. The highest BCUT2D eigenvalue weighted by molar-refractivity contribution is 5.91. The Hall–Kier alpha value is -2.80. The smallest absolute Gasteiger partial charge is 0.239 e. The normalized spacial score (nSPS) is 15.3. The number of carbonyl (C=O) groups is 1. The largest absolute Gasteiger partial charge is 0.457 e. The van der Waals surface area contributed by atoms with E-state index in [1.807, 2.05) is 19.2 Å². The van der Waals surface area contributed by atoms with Crippen molar-refractivity contribution in [2.75, 3.05) is 43.0 Å². The SMILES string of the molecule is CNc1ccc(Oc2ccnc(NC(=O)CN3CCC(C)CC3)c2)cc1N. The van der Waals surface area contributed by atoms with Crippen molar-refractivity contribution in [2.24, 2.45) is 5.92 Å². The van der Waals surface area contributed by atoms with Crippen LogP contribution >= 0.6 is 0 Å². The first-order valence-electron chi connectivity index (χ1n) is 9.27. The van der Waals surface area contributed by atoms with Gasteiger partial charge >= 0.3 is 0 Å². The Morgan fingerprint density at radius 1 is 1.26 bits per heavy atom. The van der Waals surface area contributed by atoms with Gasteiger partial charge in [0.1, 0.15) is 17.3 Å². The third kappa shape index (κ3) is 5.34. The molecule has 1 fully saturated rings. The van der Waals surface area contributed by atoms with Crippen molar-refractivity contribution in [3.8, 4) is 11.5 Å². The summed E-state index contributed by atoms with van der Waals surface area (Å²) in [6.45, 7) is 4.58. The van der Waals surface area contributed by atoms with Gasteiger partial charge in [-0.1, -0.05) is 6.92 Å². The lowest BCUT2D eigenvalue weighted by Crippen LogP contribution is -2.38. The Balaban J connectivity index is 1.58. The molecular formula is C20H27N5O2. The third-order valence-corrected chi connectivity index (χ3v) is 4.77. The van der Waals surface area contributed by atoms with Crippen molar-refractivity contribution in [3.05, 3.63) is 36.5 Å². The molecule has 4 N–H and O–H groups in total. The first-order chi connectivity index (χ1) is 13.0. The number of nitrogen functional groups attached to an aromatic ring is 1. The zero-order valence-corrected chi connectivity index (χ0v) is 15.9. The molecule has 0 bridgehead atoms.